The van der Waals surface area contributed by atoms with Crippen LogP contribution in [0.25, 0.3) is 16.4 Å². The maximum Gasteiger partial charge on any atom is 0.236 e. The quantitative estimate of drug-likeness (QED) is 0.576. The van der Waals surface area contributed by atoms with Crippen LogP contribution in [-0.4, -0.2) is 20.3 Å². The molecule has 0 spiro atoms. The highest BCUT2D eigenvalue weighted by Crippen LogP contribution is 2.37. The highest BCUT2D eigenvalue weighted by molar-refractivity contribution is 7.13. The Balaban J connectivity index is 1.71. The molecule has 1 aliphatic rings. The van der Waals surface area contributed by atoms with Gasteiger partial charge >= 0.3 is 0 Å². The summed E-state index contributed by atoms with van der Waals surface area (Å²) in [7, 11) is 0. The Bertz CT molecular complexity index is 1160. The molecule has 0 fully saturated rings. The van der Waals surface area contributed by atoms with Gasteiger partial charge in [0.15, 0.2) is 0 Å². The van der Waals surface area contributed by atoms with Gasteiger partial charge in [-0.15, -0.1) is 11.3 Å². The molecule has 5 heterocycles. The first kappa shape index (κ1) is 16.3. The average molecular weight is 378 g/mol. The normalized spacial score (nSPS) is 17.0. The van der Waals surface area contributed by atoms with Crippen LogP contribution in [0, 0.1) is 13.8 Å². The summed E-state index contributed by atoms with van der Waals surface area (Å²) in [4.78, 5) is 22.9. The topological polar surface area (TPSA) is 72.4 Å². The number of aryl methyl sites for hydroxylation is 2. The SMILES string of the molecule is Cc1ccc2nc3c(n2c1)C(c1nc(-c2cccs2)oc1C)CC(=O)NC3. The molecule has 0 saturated carbocycles. The third kappa shape index (κ3) is 2.66. The zero-order valence-corrected chi connectivity index (χ0v) is 15.8. The van der Waals surface area contributed by atoms with E-state index in [0.29, 0.717) is 18.9 Å². The molecular formula is C20H18N4O2S. The summed E-state index contributed by atoms with van der Waals surface area (Å²) in [6.07, 6.45) is 2.39. The summed E-state index contributed by atoms with van der Waals surface area (Å²) in [5.74, 6) is 1.15. The van der Waals surface area contributed by atoms with Crippen molar-refractivity contribution in [3.63, 3.8) is 0 Å². The van der Waals surface area contributed by atoms with Gasteiger partial charge in [-0.25, -0.2) is 9.97 Å². The molecule has 0 radical (unpaired) electrons. The Morgan fingerprint density at radius 2 is 2.15 bits per heavy atom. The van der Waals surface area contributed by atoms with Gasteiger partial charge in [0.1, 0.15) is 11.4 Å². The number of carbonyl (C=O) groups excluding carboxylic acids is 1. The zero-order valence-electron chi connectivity index (χ0n) is 15.0. The van der Waals surface area contributed by atoms with Crippen molar-refractivity contribution < 1.29 is 9.21 Å². The van der Waals surface area contributed by atoms with Crippen molar-refractivity contribution in [2.45, 2.75) is 32.7 Å². The van der Waals surface area contributed by atoms with Crippen LogP contribution in [0.3, 0.4) is 0 Å². The zero-order chi connectivity index (χ0) is 18.5. The lowest BCUT2D eigenvalue weighted by molar-refractivity contribution is -0.121. The molecule has 6 nitrogen and oxygen atoms in total. The van der Waals surface area contributed by atoms with Crippen LogP contribution in [0.2, 0.25) is 0 Å². The number of pyridine rings is 1. The number of oxazole rings is 1. The second-order valence-electron chi connectivity index (χ2n) is 6.85. The van der Waals surface area contributed by atoms with Crippen LogP contribution >= 0.6 is 11.3 Å². The van der Waals surface area contributed by atoms with Crippen molar-refractivity contribution in [3.05, 3.63) is 64.2 Å². The van der Waals surface area contributed by atoms with Crippen LogP contribution in [0.15, 0.2) is 40.3 Å². The molecule has 1 atom stereocenters. The Hall–Kier alpha value is -2.93. The second kappa shape index (κ2) is 6.06. The van der Waals surface area contributed by atoms with Gasteiger partial charge < -0.3 is 14.1 Å². The number of rotatable bonds is 2. The van der Waals surface area contributed by atoms with Crippen molar-refractivity contribution in [1.82, 2.24) is 19.7 Å². The number of aromatic nitrogens is 3. The molecule has 4 aromatic heterocycles. The fraction of sp³-hybridized carbons (Fsp3) is 0.250. The van der Waals surface area contributed by atoms with E-state index < -0.39 is 0 Å². The Kier molecular flexibility index (Phi) is 3.65. The standard InChI is InChI=1S/C20H18N4O2S/c1-11-5-6-16-22-14-9-21-17(25)8-13(19(14)24(16)10-11)18-12(2)26-20(23-18)15-4-3-7-27-15/h3-7,10,13H,8-9H2,1-2H3,(H,21,25). The summed E-state index contributed by atoms with van der Waals surface area (Å²) in [5, 5.41) is 4.96. The van der Waals surface area contributed by atoms with E-state index in [1.165, 1.54) is 0 Å². The van der Waals surface area contributed by atoms with Gasteiger partial charge in [-0.3, -0.25) is 4.79 Å². The van der Waals surface area contributed by atoms with E-state index in [4.69, 9.17) is 14.4 Å². The first-order valence-electron chi connectivity index (χ1n) is 8.85. The molecule has 136 valence electrons. The lowest BCUT2D eigenvalue weighted by Gasteiger charge is -2.13. The number of fused-ring (bicyclic) bond motifs is 3. The van der Waals surface area contributed by atoms with E-state index in [-0.39, 0.29) is 11.8 Å². The Morgan fingerprint density at radius 3 is 2.96 bits per heavy atom. The van der Waals surface area contributed by atoms with Crippen molar-refractivity contribution in [1.29, 1.82) is 0 Å². The molecule has 1 N–H and O–H groups in total. The van der Waals surface area contributed by atoms with Gasteiger partial charge in [0.25, 0.3) is 0 Å². The third-order valence-electron chi connectivity index (χ3n) is 4.95. The van der Waals surface area contributed by atoms with E-state index in [2.05, 4.69) is 22.8 Å². The smallest absolute Gasteiger partial charge is 0.236 e. The molecule has 7 heteroatoms. The van der Waals surface area contributed by atoms with Gasteiger partial charge in [-0.2, -0.15) is 0 Å². The maximum atomic E-state index is 12.4. The summed E-state index contributed by atoms with van der Waals surface area (Å²) >= 11 is 1.59. The number of thiophene rings is 1. The Labute approximate surface area is 159 Å². The minimum absolute atomic E-state index is 0.000485. The fourth-order valence-corrected chi connectivity index (χ4v) is 4.37. The van der Waals surface area contributed by atoms with Crippen LogP contribution in [0.4, 0.5) is 0 Å². The number of imidazole rings is 1. The first-order chi connectivity index (χ1) is 13.1. The van der Waals surface area contributed by atoms with Gasteiger partial charge in [0, 0.05) is 12.6 Å². The molecule has 1 unspecified atom stereocenters. The van der Waals surface area contributed by atoms with Crippen molar-refractivity contribution in [2.75, 3.05) is 0 Å². The molecular weight excluding hydrogens is 360 g/mol. The van der Waals surface area contributed by atoms with Crippen LogP contribution < -0.4 is 5.32 Å². The molecule has 27 heavy (non-hydrogen) atoms. The third-order valence-corrected chi connectivity index (χ3v) is 5.80. The van der Waals surface area contributed by atoms with Crippen molar-refractivity contribution in [3.8, 4) is 10.8 Å². The predicted octanol–water partition coefficient (Wildman–Crippen LogP) is 3.82. The van der Waals surface area contributed by atoms with E-state index in [0.717, 1.165) is 38.9 Å². The molecule has 1 amide bonds. The molecule has 5 rings (SSSR count). The molecule has 0 aliphatic carbocycles. The highest BCUT2D eigenvalue weighted by Gasteiger charge is 2.32. The van der Waals surface area contributed by atoms with E-state index in [1.807, 2.05) is 36.6 Å². The van der Waals surface area contributed by atoms with Crippen LogP contribution in [0.5, 0.6) is 0 Å². The molecule has 1 aliphatic heterocycles. The molecule has 0 bridgehead atoms. The number of amides is 1. The monoisotopic (exact) mass is 378 g/mol. The molecule has 0 aromatic carbocycles. The number of nitrogens with one attached hydrogen (secondary N) is 1. The number of hydrogen-bond acceptors (Lipinski definition) is 5. The van der Waals surface area contributed by atoms with Crippen LogP contribution in [0.1, 0.15) is 40.7 Å². The summed E-state index contributed by atoms with van der Waals surface area (Å²) in [6.45, 7) is 4.40. The molecule has 4 aromatic rings. The predicted molar refractivity (Wildman–Crippen MR) is 103 cm³/mol. The van der Waals surface area contributed by atoms with E-state index in [9.17, 15) is 4.79 Å². The average Bonchev–Trinajstić information content (AvgIpc) is 3.34. The highest BCUT2D eigenvalue weighted by atomic mass is 32.1. The van der Waals surface area contributed by atoms with E-state index >= 15 is 0 Å². The number of nitrogens with zero attached hydrogens (tertiary/aromatic N) is 3. The lowest BCUT2D eigenvalue weighted by atomic mass is 9.95. The van der Waals surface area contributed by atoms with Crippen molar-refractivity contribution >= 4 is 22.9 Å². The van der Waals surface area contributed by atoms with Gasteiger partial charge in [0.2, 0.25) is 11.8 Å². The van der Waals surface area contributed by atoms with Crippen molar-refractivity contribution in [2.24, 2.45) is 0 Å². The minimum Gasteiger partial charge on any atom is -0.440 e. The van der Waals surface area contributed by atoms with Gasteiger partial charge in [-0.1, -0.05) is 12.1 Å². The number of carbonyl (C=O) groups is 1. The minimum atomic E-state index is -0.197. The summed E-state index contributed by atoms with van der Waals surface area (Å²) < 4.78 is 8.05. The van der Waals surface area contributed by atoms with E-state index in [1.54, 1.807) is 11.3 Å². The number of hydrogen-bond donors (Lipinski definition) is 1. The molecule has 0 saturated heterocycles. The first-order valence-corrected chi connectivity index (χ1v) is 9.73. The summed E-state index contributed by atoms with van der Waals surface area (Å²) in [6, 6.07) is 8.02. The second-order valence-corrected chi connectivity index (χ2v) is 7.80. The largest absolute Gasteiger partial charge is 0.440 e. The van der Waals surface area contributed by atoms with Gasteiger partial charge in [-0.05, 0) is 36.9 Å². The lowest BCUT2D eigenvalue weighted by Crippen LogP contribution is -2.21. The van der Waals surface area contributed by atoms with Crippen LogP contribution in [-0.2, 0) is 11.3 Å². The fourth-order valence-electron chi connectivity index (χ4n) is 3.72. The Morgan fingerprint density at radius 1 is 1.26 bits per heavy atom. The van der Waals surface area contributed by atoms with Gasteiger partial charge in [0.05, 0.1) is 34.4 Å². The maximum absolute atomic E-state index is 12.4. The summed E-state index contributed by atoms with van der Waals surface area (Å²) in [5.41, 5.74) is 4.73.